The van der Waals surface area contributed by atoms with Gasteiger partial charge < -0.3 is 9.42 Å². The lowest BCUT2D eigenvalue weighted by atomic mass is 9.91. The molecule has 1 saturated heterocycles. The Morgan fingerprint density at radius 2 is 1.88 bits per heavy atom. The molecule has 6 heteroatoms. The number of carbonyl (C=O) groups is 1. The quantitative estimate of drug-likeness (QED) is 0.860. The van der Waals surface area contributed by atoms with Gasteiger partial charge in [0.05, 0.1) is 0 Å². The Balaban J connectivity index is 1.41. The molecule has 2 aromatic rings. The smallest absolute Gasteiger partial charge is 0.257 e. The molecule has 132 valence electrons. The first-order valence-corrected chi connectivity index (χ1v) is 9.15. The molecule has 2 aliphatic rings. The summed E-state index contributed by atoms with van der Waals surface area (Å²) in [5.41, 5.74) is 1.56. The van der Waals surface area contributed by atoms with Crippen molar-refractivity contribution in [3.05, 3.63) is 35.7 Å². The lowest BCUT2D eigenvalue weighted by Crippen LogP contribution is -2.42. The van der Waals surface area contributed by atoms with E-state index in [9.17, 15) is 4.79 Å². The molecule has 0 radical (unpaired) electrons. The number of rotatable bonds is 3. The van der Waals surface area contributed by atoms with Gasteiger partial charge in [0, 0.05) is 43.3 Å². The zero-order valence-corrected chi connectivity index (χ0v) is 14.6. The monoisotopic (exact) mass is 340 g/mol. The Labute approximate surface area is 147 Å². The molecule has 0 spiro atoms. The Kier molecular flexibility index (Phi) is 4.53. The Morgan fingerprint density at radius 3 is 2.52 bits per heavy atom. The normalized spacial score (nSPS) is 19.5. The third-order valence-electron chi connectivity index (χ3n) is 5.32. The molecule has 0 atom stereocenters. The van der Waals surface area contributed by atoms with Crippen LogP contribution in [-0.2, 0) is 0 Å². The largest absolute Gasteiger partial charge is 0.337 e. The Morgan fingerprint density at radius 1 is 1.08 bits per heavy atom. The summed E-state index contributed by atoms with van der Waals surface area (Å²) in [5, 5.41) is 3.80. The van der Waals surface area contributed by atoms with Crippen molar-refractivity contribution in [2.75, 3.05) is 26.2 Å². The van der Waals surface area contributed by atoms with E-state index in [4.69, 9.17) is 4.52 Å². The summed E-state index contributed by atoms with van der Waals surface area (Å²) in [6.45, 7) is 5.56. The molecule has 6 nitrogen and oxygen atoms in total. The molecule has 1 aromatic carbocycles. The molecule has 2 heterocycles. The van der Waals surface area contributed by atoms with Crippen molar-refractivity contribution in [3.63, 3.8) is 0 Å². The predicted molar refractivity (Wildman–Crippen MR) is 94.2 cm³/mol. The van der Waals surface area contributed by atoms with Gasteiger partial charge in [0.25, 0.3) is 11.8 Å². The maximum absolute atomic E-state index is 12.8. The first-order chi connectivity index (χ1) is 12.2. The van der Waals surface area contributed by atoms with Crippen LogP contribution in [-0.4, -0.2) is 58.1 Å². The number of hydrogen-bond acceptors (Lipinski definition) is 5. The number of benzene rings is 1. The minimum absolute atomic E-state index is 0.115. The van der Waals surface area contributed by atoms with Crippen LogP contribution in [0.3, 0.4) is 0 Å². The number of aryl methyl sites for hydroxylation is 1. The Bertz CT molecular complexity index is 736. The van der Waals surface area contributed by atoms with Gasteiger partial charge in [0.1, 0.15) is 0 Å². The van der Waals surface area contributed by atoms with Gasteiger partial charge in [-0.05, 0) is 50.5 Å². The lowest BCUT2D eigenvalue weighted by molar-refractivity contribution is 0.0749. The first-order valence-electron chi connectivity index (χ1n) is 9.15. The highest BCUT2D eigenvalue weighted by Crippen LogP contribution is 2.26. The van der Waals surface area contributed by atoms with Gasteiger partial charge in [0.15, 0.2) is 5.82 Å². The van der Waals surface area contributed by atoms with Gasteiger partial charge in [-0.15, -0.1) is 0 Å². The van der Waals surface area contributed by atoms with Crippen LogP contribution >= 0.6 is 0 Å². The fourth-order valence-corrected chi connectivity index (χ4v) is 3.61. The van der Waals surface area contributed by atoms with Crippen LogP contribution in [0.25, 0.3) is 11.5 Å². The Hall–Kier alpha value is -2.21. The van der Waals surface area contributed by atoms with E-state index >= 15 is 0 Å². The first kappa shape index (κ1) is 16.3. The third kappa shape index (κ3) is 3.44. The van der Waals surface area contributed by atoms with Gasteiger partial charge in [-0.3, -0.25) is 9.69 Å². The number of amides is 1. The van der Waals surface area contributed by atoms with Crippen molar-refractivity contribution in [1.29, 1.82) is 0 Å². The molecular formula is C19H24N4O2. The third-order valence-corrected chi connectivity index (χ3v) is 5.32. The summed E-state index contributed by atoms with van der Waals surface area (Å²) in [5.74, 6) is 1.21. The highest BCUT2D eigenvalue weighted by molar-refractivity contribution is 5.94. The summed E-state index contributed by atoms with van der Waals surface area (Å²) in [7, 11) is 0. The highest BCUT2D eigenvalue weighted by atomic mass is 16.5. The van der Waals surface area contributed by atoms with Gasteiger partial charge in [-0.2, -0.15) is 4.98 Å². The van der Waals surface area contributed by atoms with Crippen molar-refractivity contribution < 1.29 is 9.32 Å². The van der Waals surface area contributed by atoms with Crippen LogP contribution in [0.4, 0.5) is 0 Å². The molecule has 0 unspecified atom stereocenters. The SMILES string of the molecule is Cc1noc(-c2ccc(C(=O)N3CCCN(C4CCC4)CC3)cc2)n1. The molecular weight excluding hydrogens is 316 g/mol. The molecule has 1 amide bonds. The topological polar surface area (TPSA) is 62.5 Å². The van der Waals surface area contributed by atoms with E-state index in [0.29, 0.717) is 11.7 Å². The fourth-order valence-electron chi connectivity index (χ4n) is 3.61. The molecule has 0 bridgehead atoms. The molecule has 4 rings (SSSR count). The zero-order chi connectivity index (χ0) is 17.2. The minimum Gasteiger partial charge on any atom is -0.337 e. The molecule has 0 N–H and O–H groups in total. The minimum atomic E-state index is 0.115. The van der Waals surface area contributed by atoms with Crippen molar-refractivity contribution in [3.8, 4) is 11.5 Å². The number of nitrogens with zero attached hydrogens (tertiary/aromatic N) is 4. The second-order valence-electron chi connectivity index (χ2n) is 6.99. The van der Waals surface area contributed by atoms with Gasteiger partial charge in [-0.1, -0.05) is 11.6 Å². The van der Waals surface area contributed by atoms with Crippen molar-refractivity contribution in [1.82, 2.24) is 19.9 Å². The van der Waals surface area contributed by atoms with Crippen LogP contribution in [0.15, 0.2) is 28.8 Å². The lowest BCUT2D eigenvalue weighted by Gasteiger charge is -2.36. The van der Waals surface area contributed by atoms with Crippen molar-refractivity contribution in [2.45, 2.75) is 38.6 Å². The summed E-state index contributed by atoms with van der Waals surface area (Å²) in [6.07, 6.45) is 5.06. The summed E-state index contributed by atoms with van der Waals surface area (Å²) in [4.78, 5) is 21.6. The van der Waals surface area contributed by atoms with Gasteiger partial charge in [-0.25, -0.2) is 0 Å². The molecule has 25 heavy (non-hydrogen) atoms. The fraction of sp³-hybridized carbons (Fsp3) is 0.526. The second kappa shape index (κ2) is 6.96. The number of carbonyl (C=O) groups excluding carboxylic acids is 1. The van der Waals surface area contributed by atoms with Crippen LogP contribution in [0.1, 0.15) is 41.9 Å². The zero-order valence-electron chi connectivity index (χ0n) is 14.6. The summed E-state index contributed by atoms with van der Waals surface area (Å²) < 4.78 is 5.17. The number of hydrogen-bond donors (Lipinski definition) is 0. The molecule has 1 aliphatic heterocycles. The number of aromatic nitrogens is 2. The summed E-state index contributed by atoms with van der Waals surface area (Å²) in [6, 6.07) is 8.21. The standard InChI is InChI=1S/C19H24N4O2/c1-14-20-18(25-21-14)15-6-8-16(9-7-15)19(24)23-11-3-10-22(12-13-23)17-4-2-5-17/h6-9,17H,2-5,10-13H2,1H3. The molecule has 2 fully saturated rings. The average Bonchev–Trinajstić information content (AvgIpc) is 2.87. The van der Waals surface area contributed by atoms with E-state index in [1.807, 2.05) is 29.2 Å². The predicted octanol–water partition coefficient (Wildman–Crippen LogP) is 2.75. The van der Waals surface area contributed by atoms with E-state index in [1.54, 1.807) is 6.92 Å². The van der Waals surface area contributed by atoms with Crippen molar-refractivity contribution >= 4 is 5.91 Å². The molecule has 1 aromatic heterocycles. The van der Waals surface area contributed by atoms with E-state index in [0.717, 1.165) is 49.8 Å². The summed E-state index contributed by atoms with van der Waals surface area (Å²) >= 11 is 0. The molecule has 1 saturated carbocycles. The maximum Gasteiger partial charge on any atom is 0.257 e. The van der Waals surface area contributed by atoms with Crippen LogP contribution in [0.5, 0.6) is 0 Å². The van der Waals surface area contributed by atoms with Crippen LogP contribution in [0, 0.1) is 6.92 Å². The van der Waals surface area contributed by atoms with E-state index in [1.165, 1.54) is 19.3 Å². The van der Waals surface area contributed by atoms with Gasteiger partial charge in [0.2, 0.25) is 0 Å². The second-order valence-corrected chi connectivity index (χ2v) is 6.99. The maximum atomic E-state index is 12.8. The van der Waals surface area contributed by atoms with E-state index in [-0.39, 0.29) is 5.91 Å². The average molecular weight is 340 g/mol. The molecule has 1 aliphatic carbocycles. The van der Waals surface area contributed by atoms with Gasteiger partial charge >= 0.3 is 0 Å². The van der Waals surface area contributed by atoms with E-state index < -0.39 is 0 Å². The van der Waals surface area contributed by atoms with Crippen LogP contribution in [0.2, 0.25) is 0 Å². The highest BCUT2D eigenvalue weighted by Gasteiger charge is 2.28. The van der Waals surface area contributed by atoms with Crippen molar-refractivity contribution in [2.24, 2.45) is 0 Å². The van der Waals surface area contributed by atoms with Crippen LogP contribution < -0.4 is 0 Å². The van der Waals surface area contributed by atoms with E-state index in [2.05, 4.69) is 15.0 Å².